The maximum absolute atomic E-state index is 9.08. The Hall–Kier alpha value is -2.02. The van der Waals surface area contributed by atoms with E-state index in [0.29, 0.717) is 17.4 Å². The quantitative estimate of drug-likeness (QED) is 0.803. The van der Waals surface area contributed by atoms with E-state index in [0.717, 1.165) is 34.5 Å². The SMILES string of the molecule is Cc1c(C#N)oc2cnc(NC3CC(C)CC(C)C(C)C3)cc12. The molecule has 0 bridgehead atoms. The molecule has 0 aliphatic heterocycles. The summed E-state index contributed by atoms with van der Waals surface area (Å²) in [5.41, 5.74) is 1.57. The van der Waals surface area contributed by atoms with Crippen molar-refractivity contribution in [1.82, 2.24) is 4.98 Å². The molecule has 4 unspecified atom stereocenters. The minimum Gasteiger partial charge on any atom is -0.444 e. The van der Waals surface area contributed by atoms with E-state index >= 15 is 0 Å². The smallest absolute Gasteiger partial charge is 0.207 e. The molecule has 23 heavy (non-hydrogen) atoms. The summed E-state index contributed by atoms with van der Waals surface area (Å²) in [5.74, 6) is 3.50. The maximum atomic E-state index is 9.08. The minimum absolute atomic E-state index is 0.379. The predicted octanol–water partition coefficient (Wildman–Crippen LogP) is 4.88. The third-order valence-corrected chi connectivity index (χ3v) is 5.37. The van der Waals surface area contributed by atoms with Crippen molar-refractivity contribution in [1.29, 1.82) is 5.26 Å². The lowest BCUT2D eigenvalue weighted by atomic mass is 9.89. The van der Waals surface area contributed by atoms with Gasteiger partial charge in [0.05, 0.1) is 6.20 Å². The van der Waals surface area contributed by atoms with Gasteiger partial charge in [0, 0.05) is 17.0 Å². The van der Waals surface area contributed by atoms with E-state index in [1.807, 2.05) is 13.0 Å². The molecule has 0 saturated heterocycles. The fourth-order valence-electron chi connectivity index (χ4n) is 3.86. The fourth-order valence-corrected chi connectivity index (χ4v) is 3.86. The zero-order valence-electron chi connectivity index (χ0n) is 14.4. The van der Waals surface area contributed by atoms with Crippen LogP contribution in [0.15, 0.2) is 16.7 Å². The lowest BCUT2D eigenvalue weighted by Gasteiger charge is -2.21. The molecule has 4 nitrogen and oxygen atoms in total. The summed E-state index contributed by atoms with van der Waals surface area (Å²) >= 11 is 0. The highest BCUT2D eigenvalue weighted by molar-refractivity contribution is 5.84. The molecule has 0 spiro atoms. The summed E-state index contributed by atoms with van der Waals surface area (Å²) in [6.45, 7) is 8.99. The van der Waals surface area contributed by atoms with Crippen molar-refractivity contribution in [2.24, 2.45) is 17.8 Å². The first-order chi connectivity index (χ1) is 11.0. The van der Waals surface area contributed by atoms with Gasteiger partial charge in [-0.3, -0.25) is 0 Å². The first-order valence-corrected chi connectivity index (χ1v) is 8.53. The van der Waals surface area contributed by atoms with E-state index in [2.05, 4.69) is 37.1 Å². The van der Waals surface area contributed by atoms with Crippen LogP contribution in [0.3, 0.4) is 0 Å². The topological polar surface area (TPSA) is 61.9 Å². The lowest BCUT2D eigenvalue weighted by Crippen LogP contribution is -2.23. The second-order valence-electron chi connectivity index (χ2n) is 7.34. The van der Waals surface area contributed by atoms with Gasteiger partial charge in [-0.25, -0.2) is 4.98 Å². The molecule has 1 fully saturated rings. The molecule has 122 valence electrons. The van der Waals surface area contributed by atoms with Gasteiger partial charge in [0.25, 0.3) is 0 Å². The van der Waals surface area contributed by atoms with Gasteiger partial charge >= 0.3 is 0 Å². The number of nitrogens with one attached hydrogen (secondary N) is 1. The van der Waals surface area contributed by atoms with E-state index in [1.54, 1.807) is 6.20 Å². The number of aromatic nitrogens is 1. The van der Waals surface area contributed by atoms with Gasteiger partial charge in [-0.15, -0.1) is 0 Å². The number of aryl methyl sites for hydroxylation is 1. The van der Waals surface area contributed by atoms with Gasteiger partial charge in [0.15, 0.2) is 5.58 Å². The van der Waals surface area contributed by atoms with Gasteiger partial charge in [-0.05, 0) is 50.0 Å². The Bertz CT molecular complexity index is 743. The summed E-state index contributed by atoms with van der Waals surface area (Å²) in [4.78, 5) is 4.48. The number of hydrogen-bond acceptors (Lipinski definition) is 4. The summed E-state index contributed by atoms with van der Waals surface area (Å²) in [5, 5.41) is 13.7. The van der Waals surface area contributed by atoms with Gasteiger partial charge in [-0.1, -0.05) is 20.8 Å². The minimum atomic E-state index is 0.379. The van der Waals surface area contributed by atoms with Crippen LogP contribution in [0.2, 0.25) is 0 Å². The first-order valence-electron chi connectivity index (χ1n) is 8.53. The van der Waals surface area contributed by atoms with Crippen LogP contribution in [0.4, 0.5) is 5.82 Å². The average Bonchev–Trinajstić information content (AvgIpc) is 2.76. The summed E-state index contributed by atoms with van der Waals surface area (Å²) in [6.07, 6.45) is 5.39. The van der Waals surface area contributed by atoms with Crippen LogP contribution >= 0.6 is 0 Å². The van der Waals surface area contributed by atoms with Crippen LogP contribution in [-0.2, 0) is 0 Å². The molecule has 2 aromatic heterocycles. The van der Waals surface area contributed by atoms with Crippen LogP contribution in [0.5, 0.6) is 0 Å². The van der Waals surface area contributed by atoms with Crippen LogP contribution in [0.1, 0.15) is 51.4 Å². The number of nitriles is 1. The number of rotatable bonds is 2. The highest BCUT2D eigenvalue weighted by Crippen LogP contribution is 2.33. The molecule has 1 N–H and O–H groups in total. The summed E-state index contributed by atoms with van der Waals surface area (Å²) in [6, 6.07) is 4.56. The predicted molar refractivity (Wildman–Crippen MR) is 92.2 cm³/mol. The van der Waals surface area contributed by atoms with Crippen LogP contribution < -0.4 is 5.32 Å². The molecule has 0 aromatic carbocycles. The number of hydrogen-bond donors (Lipinski definition) is 1. The second-order valence-corrected chi connectivity index (χ2v) is 7.34. The molecule has 2 aromatic rings. The summed E-state index contributed by atoms with van der Waals surface area (Å²) in [7, 11) is 0. The highest BCUT2D eigenvalue weighted by Gasteiger charge is 2.26. The standard InChI is InChI=1S/C19H25N3O/c1-11-5-12(2)13(3)7-15(6-11)22-19-8-16-14(4)17(9-20)23-18(16)10-21-19/h8,10-13,15H,5-7H2,1-4H3,(H,21,22). The lowest BCUT2D eigenvalue weighted by molar-refractivity contribution is 0.339. The second kappa shape index (κ2) is 6.23. The third-order valence-electron chi connectivity index (χ3n) is 5.37. The molecule has 0 amide bonds. The monoisotopic (exact) mass is 311 g/mol. The zero-order valence-corrected chi connectivity index (χ0v) is 14.4. The average molecular weight is 311 g/mol. The molecule has 4 heteroatoms. The molecule has 2 heterocycles. The summed E-state index contributed by atoms with van der Waals surface area (Å²) < 4.78 is 5.51. The van der Waals surface area contributed by atoms with Gasteiger partial charge in [0.2, 0.25) is 5.76 Å². The van der Waals surface area contributed by atoms with Crippen molar-refractivity contribution in [3.05, 3.63) is 23.6 Å². The molecule has 4 atom stereocenters. The largest absolute Gasteiger partial charge is 0.444 e. The molecule has 1 aliphatic carbocycles. The van der Waals surface area contributed by atoms with E-state index in [4.69, 9.17) is 9.68 Å². The van der Waals surface area contributed by atoms with Gasteiger partial charge in [0.1, 0.15) is 11.9 Å². The van der Waals surface area contributed by atoms with Gasteiger partial charge in [-0.2, -0.15) is 5.26 Å². The Kier molecular flexibility index (Phi) is 4.30. The van der Waals surface area contributed by atoms with Crippen molar-refractivity contribution >= 4 is 16.8 Å². The maximum Gasteiger partial charge on any atom is 0.207 e. The van der Waals surface area contributed by atoms with E-state index in [-0.39, 0.29) is 0 Å². The Balaban J connectivity index is 1.83. The van der Waals surface area contributed by atoms with E-state index in [9.17, 15) is 0 Å². The first kappa shape index (κ1) is 15.9. The van der Waals surface area contributed by atoms with Crippen molar-refractivity contribution in [2.45, 2.75) is 53.0 Å². The van der Waals surface area contributed by atoms with E-state index < -0.39 is 0 Å². The highest BCUT2D eigenvalue weighted by atomic mass is 16.3. The molecule has 0 radical (unpaired) electrons. The molecular weight excluding hydrogens is 286 g/mol. The number of fused-ring (bicyclic) bond motifs is 1. The van der Waals surface area contributed by atoms with Crippen molar-refractivity contribution in [3.8, 4) is 6.07 Å². The zero-order chi connectivity index (χ0) is 16.6. The van der Waals surface area contributed by atoms with Gasteiger partial charge < -0.3 is 9.73 Å². The van der Waals surface area contributed by atoms with Crippen LogP contribution in [-0.4, -0.2) is 11.0 Å². The number of furan rings is 1. The number of anilines is 1. The van der Waals surface area contributed by atoms with Crippen LogP contribution in [0, 0.1) is 36.0 Å². The third kappa shape index (κ3) is 3.19. The normalized spacial score (nSPS) is 28.3. The number of pyridine rings is 1. The Morgan fingerprint density at radius 2 is 1.96 bits per heavy atom. The Morgan fingerprint density at radius 3 is 2.70 bits per heavy atom. The Labute approximate surface area is 137 Å². The number of nitrogens with zero attached hydrogens (tertiary/aromatic N) is 2. The van der Waals surface area contributed by atoms with Crippen molar-refractivity contribution in [3.63, 3.8) is 0 Å². The van der Waals surface area contributed by atoms with Crippen molar-refractivity contribution < 1.29 is 4.42 Å². The molecule has 3 rings (SSSR count). The molecular formula is C19H25N3O. The van der Waals surface area contributed by atoms with Crippen LogP contribution in [0.25, 0.3) is 11.0 Å². The molecule has 1 saturated carbocycles. The van der Waals surface area contributed by atoms with E-state index in [1.165, 1.54) is 19.3 Å². The fraction of sp³-hybridized carbons (Fsp3) is 0.579. The molecule has 1 aliphatic rings. The van der Waals surface area contributed by atoms with Crippen molar-refractivity contribution in [2.75, 3.05) is 5.32 Å². The Morgan fingerprint density at radius 1 is 1.22 bits per heavy atom.